The molecule has 1 aromatic carbocycles. The number of nitrogens with zero attached hydrogens (tertiary/aromatic N) is 1. The van der Waals surface area contributed by atoms with Crippen molar-refractivity contribution in [2.45, 2.75) is 38.1 Å². The minimum atomic E-state index is -4.50. The summed E-state index contributed by atoms with van der Waals surface area (Å²) in [6.45, 7) is 0.736. The molecule has 1 fully saturated rings. The van der Waals surface area contributed by atoms with Gasteiger partial charge in [-0.15, -0.1) is 0 Å². The van der Waals surface area contributed by atoms with Crippen molar-refractivity contribution in [2.24, 2.45) is 0 Å². The number of nitrogens with one attached hydrogen (secondary N) is 1. The van der Waals surface area contributed by atoms with Gasteiger partial charge in [0.25, 0.3) is 0 Å². The molecule has 1 N–H and O–H groups in total. The maximum Gasteiger partial charge on any atom is 0.418 e. The molecule has 3 rings (SSSR count). The van der Waals surface area contributed by atoms with E-state index in [1.54, 1.807) is 0 Å². The van der Waals surface area contributed by atoms with Crippen molar-refractivity contribution in [3.05, 3.63) is 34.2 Å². The lowest BCUT2D eigenvalue weighted by molar-refractivity contribution is -0.136. The van der Waals surface area contributed by atoms with Gasteiger partial charge in [-0.3, -0.25) is 4.57 Å². The Kier molecular flexibility index (Phi) is 3.52. The van der Waals surface area contributed by atoms with Crippen LogP contribution >= 0.6 is 0 Å². The lowest BCUT2D eigenvalue weighted by atomic mass is 10.1. The highest BCUT2D eigenvalue weighted by Gasteiger charge is 2.34. The van der Waals surface area contributed by atoms with Crippen LogP contribution in [-0.2, 0) is 17.5 Å². The second kappa shape index (κ2) is 5.22. The molecule has 1 unspecified atom stereocenters. The summed E-state index contributed by atoms with van der Waals surface area (Å²) in [4.78, 5) is 14.5. The van der Waals surface area contributed by atoms with E-state index >= 15 is 0 Å². The van der Waals surface area contributed by atoms with Crippen LogP contribution in [0.25, 0.3) is 11.0 Å². The quantitative estimate of drug-likeness (QED) is 0.927. The largest absolute Gasteiger partial charge is 0.418 e. The molecule has 0 radical (unpaired) electrons. The second-order valence-electron chi connectivity index (χ2n) is 5.23. The van der Waals surface area contributed by atoms with Crippen LogP contribution in [0.15, 0.2) is 23.0 Å². The minimum absolute atomic E-state index is 0.0934. The molecule has 21 heavy (non-hydrogen) atoms. The van der Waals surface area contributed by atoms with Gasteiger partial charge in [-0.1, -0.05) is 6.07 Å². The zero-order valence-electron chi connectivity index (χ0n) is 11.2. The van der Waals surface area contributed by atoms with Crippen molar-refractivity contribution in [2.75, 3.05) is 6.61 Å². The Labute approximate surface area is 118 Å². The molecule has 0 amide bonds. The van der Waals surface area contributed by atoms with Gasteiger partial charge in [0.2, 0.25) is 0 Å². The fourth-order valence-electron chi connectivity index (χ4n) is 2.78. The van der Waals surface area contributed by atoms with Gasteiger partial charge in [0.15, 0.2) is 0 Å². The molecule has 2 aromatic rings. The van der Waals surface area contributed by atoms with E-state index in [4.69, 9.17) is 4.74 Å². The van der Waals surface area contributed by atoms with Crippen molar-refractivity contribution in [1.82, 2.24) is 9.55 Å². The molecule has 1 aliphatic heterocycles. The van der Waals surface area contributed by atoms with Gasteiger partial charge < -0.3 is 9.72 Å². The predicted octanol–water partition coefficient (Wildman–Crippen LogP) is 2.92. The number of ether oxygens (including phenoxy) is 1. The van der Waals surface area contributed by atoms with Crippen molar-refractivity contribution >= 4 is 11.0 Å². The van der Waals surface area contributed by atoms with E-state index in [0.717, 1.165) is 29.9 Å². The smallest absolute Gasteiger partial charge is 0.376 e. The Morgan fingerprint density at radius 2 is 2.14 bits per heavy atom. The summed E-state index contributed by atoms with van der Waals surface area (Å²) in [6, 6.07) is 3.76. The van der Waals surface area contributed by atoms with Crippen LogP contribution in [0, 0.1) is 0 Å². The number of H-pyrrole nitrogens is 1. The first-order valence-electron chi connectivity index (χ1n) is 6.87. The minimum Gasteiger partial charge on any atom is -0.376 e. The molecule has 1 saturated heterocycles. The summed E-state index contributed by atoms with van der Waals surface area (Å²) in [5.74, 6) is 0. The van der Waals surface area contributed by atoms with E-state index in [2.05, 4.69) is 4.98 Å². The van der Waals surface area contributed by atoms with Crippen molar-refractivity contribution in [1.29, 1.82) is 0 Å². The number of benzene rings is 1. The molecule has 4 nitrogen and oxygen atoms in total. The number of fused-ring (bicyclic) bond motifs is 1. The zero-order valence-corrected chi connectivity index (χ0v) is 11.2. The van der Waals surface area contributed by atoms with E-state index in [1.807, 2.05) is 0 Å². The molecule has 1 aliphatic rings. The molecule has 0 aliphatic carbocycles. The normalized spacial score (nSPS) is 20.0. The van der Waals surface area contributed by atoms with E-state index in [1.165, 1.54) is 12.1 Å². The van der Waals surface area contributed by atoms with E-state index in [0.29, 0.717) is 6.61 Å². The van der Waals surface area contributed by atoms with Gasteiger partial charge in [-0.25, -0.2) is 4.79 Å². The summed E-state index contributed by atoms with van der Waals surface area (Å²) >= 11 is 0. The van der Waals surface area contributed by atoms with Gasteiger partial charge in [0.05, 0.1) is 29.2 Å². The molecule has 114 valence electrons. The number of rotatable bonds is 2. The van der Waals surface area contributed by atoms with Crippen LogP contribution in [0.2, 0.25) is 0 Å². The van der Waals surface area contributed by atoms with Gasteiger partial charge in [0, 0.05) is 6.61 Å². The molecular weight excluding hydrogens is 285 g/mol. The van der Waals surface area contributed by atoms with Gasteiger partial charge >= 0.3 is 11.9 Å². The van der Waals surface area contributed by atoms with Gasteiger partial charge in [-0.05, 0) is 31.4 Å². The summed E-state index contributed by atoms with van der Waals surface area (Å²) in [6.07, 6.45) is -2.03. The first-order chi connectivity index (χ1) is 9.97. The highest BCUT2D eigenvalue weighted by Crippen LogP contribution is 2.34. The number of hydrogen-bond donors (Lipinski definition) is 1. The Balaban J connectivity index is 2.08. The van der Waals surface area contributed by atoms with Gasteiger partial charge in [-0.2, -0.15) is 13.2 Å². The summed E-state index contributed by atoms with van der Waals surface area (Å²) < 4.78 is 46.0. The maximum atomic E-state index is 13.1. The highest BCUT2D eigenvalue weighted by atomic mass is 19.4. The molecular formula is C14H15F3N2O2. The molecule has 2 heterocycles. The number of aromatic nitrogens is 2. The second-order valence-corrected chi connectivity index (χ2v) is 5.23. The van der Waals surface area contributed by atoms with Crippen LogP contribution in [0.1, 0.15) is 24.8 Å². The Morgan fingerprint density at radius 1 is 1.33 bits per heavy atom. The maximum absolute atomic E-state index is 13.1. The third-order valence-electron chi connectivity index (χ3n) is 3.76. The zero-order chi connectivity index (χ0) is 15.0. The first kappa shape index (κ1) is 14.2. The first-order valence-corrected chi connectivity index (χ1v) is 6.87. The third-order valence-corrected chi connectivity index (χ3v) is 3.76. The van der Waals surface area contributed by atoms with Gasteiger partial charge in [0.1, 0.15) is 0 Å². The standard InChI is InChI=1S/C14H15F3N2O2/c15-14(16,17)10-5-3-6-11-12(10)19(13(20)18-11)8-9-4-1-2-7-21-9/h3,5-6,9H,1-2,4,7-8H2,(H,18,20). The monoisotopic (exact) mass is 300 g/mol. The topological polar surface area (TPSA) is 47.0 Å². The van der Waals surface area contributed by atoms with Crippen LogP contribution < -0.4 is 5.69 Å². The summed E-state index contributed by atoms with van der Waals surface area (Å²) in [7, 11) is 0. The Bertz CT molecular complexity index is 696. The fraction of sp³-hybridized carbons (Fsp3) is 0.500. The SMILES string of the molecule is O=c1[nH]c2cccc(C(F)(F)F)c2n1CC1CCCCO1. The number of para-hydroxylation sites is 1. The van der Waals surface area contributed by atoms with Crippen LogP contribution in [0.5, 0.6) is 0 Å². The molecule has 1 aromatic heterocycles. The summed E-state index contributed by atoms with van der Waals surface area (Å²) in [5, 5.41) is 0. The lowest BCUT2D eigenvalue weighted by Gasteiger charge is -2.23. The number of halogens is 3. The number of imidazole rings is 1. The van der Waals surface area contributed by atoms with Crippen LogP contribution in [0.4, 0.5) is 13.2 Å². The molecule has 0 bridgehead atoms. The van der Waals surface area contributed by atoms with Crippen molar-refractivity contribution < 1.29 is 17.9 Å². The predicted molar refractivity (Wildman–Crippen MR) is 71.2 cm³/mol. The van der Waals surface area contributed by atoms with Crippen LogP contribution in [0.3, 0.4) is 0 Å². The Hall–Kier alpha value is -1.76. The van der Waals surface area contributed by atoms with E-state index in [9.17, 15) is 18.0 Å². The van der Waals surface area contributed by atoms with Crippen molar-refractivity contribution in [3.8, 4) is 0 Å². The molecule has 0 spiro atoms. The molecule has 1 atom stereocenters. The third kappa shape index (κ3) is 2.70. The number of aromatic amines is 1. The molecule has 7 heteroatoms. The van der Waals surface area contributed by atoms with E-state index < -0.39 is 17.4 Å². The fourth-order valence-corrected chi connectivity index (χ4v) is 2.78. The molecule has 0 saturated carbocycles. The number of alkyl halides is 3. The average molecular weight is 300 g/mol. The number of hydrogen-bond acceptors (Lipinski definition) is 2. The van der Waals surface area contributed by atoms with Crippen LogP contribution in [-0.4, -0.2) is 22.3 Å². The summed E-state index contributed by atoms with van der Waals surface area (Å²) in [5.41, 5.74) is -1.22. The Morgan fingerprint density at radius 3 is 2.81 bits per heavy atom. The highest BCUT2D eigenvalue weighted by molar-refractivity contribution is 5.79. The lowest BCUT2D eigenvalue weighted by Crippen LogP contribution is -2.29. The van der Waals surface area contributed by atoms with E-state index in [-0.39, 0.29) is 23.7 Å². The van der Waals surface area contributed by atoms with Crippen molar-refractivity contribution in [3.63, 3.8) is 0 Å². The average Bonchev–Trinajstić information content (AvgIpc) is 2.75.